The van der Waals surface area contributed by atoms with Crippen LogP contribution in [0.4, 0.5) is 13.2 Å². The van der Waals surface area contributed by atoms with Crippen molar-refractivity contribution in [2.45, 2.75) is 6.36 Å². The molecule has 6 heteroatoms. The van der Waals surface area contributed by atoms with Gasteiger partial charge in [-0.25, -0.2) is 0 Å². The van der Waals surface area contributed by atoms with Crippen LogP contribution in [0.25, 0.3) is 4.48 Å². The van der Waals surface area contributed by atoms with Crippen LogP contribution in [0.5, 0.6) is 5.75 Å². The zero-order valence-electron chi connectivity index (χ0n) is 7.24. The first-order chi connectivity index (χ1) is 6.79. The van der Waals surface area contributed by atoms with Crippen LogP contribution >= 0.6 is 27.5 Å². The summed E-state index contributed by atoms with van der Waals surface area (Å²) in [7, 11) is 0. The van der Waals surface area contributed by atoms with Crippen molar-refractivity contribution in [3.8, 4) is 5.75 Å². The fourth-order valence-electron chi connectivity index (χ4n) is 0.877. The van der Waals surface area contributed by atoms with E-state index in [1.165, 1.54) is 12.1 Å². The Balaban J connectivity index is 2.99. The van der Waals surface area contributed by atoms with Crippen molar-refractivity contribution in [3.05, 3.63) is 35.4 Å². The van der Waals surface area contributed by atoms with Crippen LogP contribution in [0.3, 0.4) is 0 Å². The lowest BCUT2D eigenvalue weighted by atomic mass is 10.2. The van der Waals surface area contributed by atoms with Crippen molar-refractivity contribution in [1.29, 1.82) is 0 Å². The van der Waals surface area contributed by atoms with Crippen LogP contribution in [0.2, 0.25) is 5.02 Å². The number of halogens is 5. The molecule has 15 heavy (non-hydrogen) atoms. The van der Waals surface area contributed by atoms with Crippen molar-refractivity contribution >= 4 is 32.0 Å². The predicted molar refractivity (Wildman–Crippen MR) is 56.1 cm³/mol. The van der Waals surface area contributed by atoms with Crippen molar-refractivity contribution in [2.24, 2.45) is 0 Å². The third kappa shape index (κ3) is 3.76. The molecule has 1 aromatic carbocycles. The van der Waals surface area contributed by atoms with Crippen molar-refractivity contribution in [1.82, 2.24) is 0 Å². The maximum absolute atomic E-state index is 11.9. The average molecular weight is 301 g/mol. The maximum Gasteiger partial charge on any atom is 0.573 e. The second kappa shape index (κ2) is 4.45. The lowest BCUT2D eigenvalue weighted by Gasteiger charge is -2.10. The third-order valence-corrected chi connectivity index (χ3v) is 2.22. The number of hydrogen-bond donors (Lipinski definition) is 0. The first-order valence-electron chi connectivity index (χ1n) is 3.69. The summed E-state index contributed by atoms with van der Waals surface area (Å²) >= 11 is 8.68. The van der Waals surface area contributed by atoms with Gasteiger partial charge < -0.3 is 4.74 Å². The Morgan fingerprint density at radius 3 is 2.40 bits per heavy atom. The molecule has 0 aliphatic heterocycles. The molecule has 1 aromatic rings. The Kier molecular flexibility index (Phi) is 3.67. The minimum absolute atomic E-state index is 0.120. The SMILES string of the molecule is C=C(Br)c1ccc(OC(F)(F)F)c(Cl)c1. The molecule has 0 saturated heterocycles. The fraction of sp³-hybridized carbons (Fsp3) is 0.111. The summed E-state index contributed by atoms with van der Waals surface area (Å²) in [5.74, 6) is -0.429. The second-order valence-corrected chi connectivity index (χ2v) is 3.96. The molecule has 0 aliphatic rings. The highest BCUT2D eigenvalue weighted by atomic mass is 79.9. The van der Waals surface area contributed by atoms with Gasteiger partial charge in [-0.3, -0.25) is 0 Å². The van der Waals surface area contributed by atoms with Crippen LogP contribution in [0.15, 0.2) is 24.8 Å². The van der Waals surface area contributed by atoms with Crippen LogP contribution in [-0.4, -0.2) is 6.36 Å². The van der Waals surface area contributed by atoms with Crippen LogP contribution < -0.4 is 4.74 Å². The van der Waals surface area contributed by atoms with Crippen LogP contribution in [0.1, 0.15) is 5.56 Å². The van der Waals surface area contributed by atoms with Gasteiger partial charge in [0.05, 0.1) is 5.02 Å². The molecule has 0 radical (unpaired) electrons. The van der Waals surface area contributed by atoms with Gasteiger partial charge in [0.15, 0.2) is 0 Å². The number of hydrogen-bond acceptors (Lipinski definition) is 1. The molecule has 0 spiro atoms. The summed E-state index contributed by atoms with van der Waals surface area (Å²) < 4.78 is 39.8. The number of benzene rings is 1. The van der Waals surface area contributed by atoms with E-state index in [9.17, 15) is 13.2 Å². The van der Waals surface area contributed by atoms with Gasteiger partial charge >= 0.3 is 6.36 Å². The molecule has 0 aliphatic carbocycles. The molecule has 0 fully saturated rings. The minimum Gasteiger partial charge on any atom is -0.404 e. The molecule has 0 saturated carbocycles. The zero-order chi connectivity index (χ0) is 11.6. The Morgan fingerprint density at radius 1 is 1.40 bits per heavy atom. The Bertz CT molecular complexity index is 389. The van der Waals surface area contributed by atoms with Crippen molar-refractivity contribution in [2.75, 3.05) is 0 Å². The van der Waals surface area contributed by atoms with Gasteiger partial charge in [0.25, 0.3) is 0 Å². The van der Waals surface area contributed by atoms with Gasteiger partial charge in [0.2, 0.25) is 0 Å². The highest BCUT2D eigenvalue weighted by Gasteiger charge is 2.31. The molecular formula is C9H5BrClF3O. The fourth-order valence-corrected chi connectivity index (χ4v) is 1.34. The van der Waals surface area contributed by atoms with E-state index in [1.54, 1.807) is 0 Å². The first kappa shape index (κ1) is 12.4. The summed E-state index contributed by atoms with van der Waals surface area (Å²) in [4.78, 5) is 0. The van der Waals surface area contributed by atoms with Gasteiger partial charge in [-0.1, -0.05) is 40.2 Å². The third-order valence-electron chi connectivity index (χ3n) is 1.47. The molecule has 0 heterocycles. The minimum atomic E-state index is -4.74. The van der Waals surface area contributed by atoms with E-state index < -0.39 is 12.1 Å². The molecule has 0 bridgehead atoms. The highest BCUT2D eigenvalue weighted by molar-refractivity contribution is 9.15. The van der Waals surface area contributed by atoms with Gasteiger partial charge in [-0.05, 0) is 17.7 Å². The number of ether oxygens (including phenoxy) is 1. The summed E-state index contributed by atoms with van der Waals surface area (Å²) in [5.41, 5.74) is 0.592. The van der Waals surface area contributed by atoms with Gasteiger partial charge in [0.1, 0.15) is 5.75 Å². The molecular weight excluding hydrogens is 296 g/mol. The second-order valence-electron chi connectivity index (χ2n) is 2.60. The van der Waals surface area contributed by atoms with Crippen LogP contribution in [-0.2, 0) is 0 Å². The molecule has 0 unspecified atom stereocenters. The van der Waals surface area contributed by atoms with E-state index in [4.69, 9.17) is 11.6 Å². The normalized spacial score (nSPS) is 11.3. The van der Waals surface area contributed by atoms with E-state index in [2.05, 4.69) is 27.2 Å². The lowest BCUT2D eigenvalue weighted by Crippen LogP contribution is -2.17. The molecule has 0 N–H and O–H groups in total. The Morgan fingerprint density at radius 2 is 2.00 bits per heavy atom. The van der Waals surface area contributed by atoms with Gasteiger partial charge in [-0.15, -0.1) is 13.2 Å². The maximum atomic E-state index is 11.9. The monoisotopic (exact) mass is 300 g/mol. The van der Waals surface area contributed by atoms with E-state index >= 15 is 0 Å². The zero-order valence-corrected chi connectivity index (χ0v) is 9.58. The number of alkyl halides is 3. The summed E-state index contributed by atoms with van der Waals surface area (Å²) in [5, 5.41) is -0.120. The Hall–Kier alpha value is -0.680. The molecule has 0 atom stereocenters. The van der Waals surface area contributed by atoms with E-state index in [1.807, 2.05) is 0 Å². The van der Waals surface area contributed by atoms with Crippen molar-refractivity contribution in [3.63, 3.8) is 0 Å². The van der Waals surface area contributed by atoms with E-state index in [0.29, 0.717) is 10.0 Å². The first-order valence-corrected chi connectivity index (χ1v) is 4.87. The number of rotatable bonds is 2. The smallest absolute Gasteiger partial charge is 0.404 e. The molecule has 82 valence electrons. The Labute approximate surface area is 97.6 Å². The summed E-state index contributed by atoms with van der Waals surface area (Å²) in [6.07, 6.45) is -4.74. The standard InChI is InChI=1S/C9H5BrClF3O/c1-5(10)6-2-3-8(7(11)4-6)15-9(12,13)14/h2-4H,1H2. The lowest BCUT2D eigenvalue weighted by molar-refractivity contribution is -0.274. The molecule has 0 aromatic heterocycles. The molecule has 1 rings (SSSR count). The summed E-state index contributed by atoms with van der Waals surface area (Å²) in [6.45, 7) is 3.57. The molecule has 1 nitrogen and oxygen atoms in total. The largest absolute Gasteiger partial charge is 0.573 e. The van der Waals surface area contributed by atoms with Crippen molar-refractivity contribution < 1.29 is 17.9 Å². The topological polar surface area (TPSA) is 9.23 Å². The van der Waals surface area contributed by atoms with Crippen LogP contribution in [0, 0.1) is 0 Å². The molecule has 0 amide bonds. The average Bonchev–Trinajstić information content (AvgIpc) is 2.05. The van der Waals surface area contributed by atoms with Gasteiger partial charge in [-0.2, -0.15) is 0 Å². The summed E-state index contributed by atoms with van der Waals surface area (Å²) in [6, 6.07) is 3.89. The van der Waals surface area contributed by atoms with E-state index in [0.717, 1.165) is 6.07 Å². The van der Waals surface area contributed by atoms with E-state index in [-0.39, 0.29) is 5.02 Å². The quantitative estimate of drug-likeness (QED) is 0.775. The highest BCUT2D eigenvalue weighted by Crippen LogP contribution is 2.33. The van der Waals surface area contributed by atoms with Gasteiger partial charge in [0, 0.05) is 4.48 Å². The predicted octanol–water partition coefficient (Wildman–Crippen LogP) is 4.60.